The Balaban J connectivity index is 1.03. The minimum atomic E-state index is -2.20. The molecule has 4 saturated carbocycles. The first-order valence-corrected chi connectivity index (χ1v) is 30.2. The van der Waals surface area contributed by atoms with E-state index in [4.69, 9.17) is 47.4 Å². The summed E-state index contributed by atoms with van der Waals surface area (Å²) in [5, 5.41) is 132. The number of ether oxygens (including phenoxy) is 10. The van der Waals surface area contributed by atoms with Gasteiger partial charge in [-0.2, -0.15) is 0 Å². The Bertz CT molecular complexity index is 2490. The van der Waals surface area contributed by atoms with E-state index in [1.807, 2.05) is 13.8 Å². The van der Waals surface area contributed by atoms with Crippen LogP contribution in [0.25, 0.3) is 0 Å². The van der Waals surface area contributed by atoms with Crippen LogP contribution in [-0.2, 0) is 61.8 Å². The number of hydrogen-bond donors (Lipinski definition) is 12. The SMILES string of the molecule is C/C=C(\C)C(=O)O[C@H]1[C@H](OC(C)=O)[C@]2(CO)CC[C@]3(C)C(=CC[C@@H]4[C@@]5(C)CC[C@H](O[C@@H]6O[C@H](C(=O)O)[C@@H](O)[C@H](O[C@@H]7OC[C@H](O)[C@H](O)[C@H]7O[C@@H]7O[C@@H](C)[C@H](O)[C@@H](O)[C@H]7O)[C@H]6O[C@@H]6O[C@H](CO)[C@@H](O)[C@H](O)[C@H]6O)C(C)(C)[C@@H]5CC[C@]43C)[C@@H]2CC1(C)C. The number of aliphatic hydroxyl groups excluding tert-OH is 11. The Morgan fingerprint density at radius 3 is 1.92 bits per heavy atom. The van der Waals surface area contributed by atoms with Crippen LogP contribution >= 0.6 is 0 Å². The van der Waals surface area contributed by atoms with Crippen LogP contribution in [0.5, 0.6) is 0 Å². The first-order chi connectivity index (χ1) is 39.7. The van der Waals surface area contributed by atoms with E-state index in [1.165, 1.54) is 19.4 Å². The highest BCUT2D eigenvalue weighted by atomic mass is 16.8. The fourth-order valence-corrected chi connectivity index (χ4v) is 17.3. The van der Waals surface area contributed by atoms with Crippen molar-refractivity contribution in [3.63, 3.8) is 0 Å². The van der Waals surface area contributed by atoms with Crippen LogP contribution < -0.4 is 0 Å². The molecule has 0 aromatic rings. The van der Waals surface area contributed by atoms with Gasteiger partial charge in [-0.25, -0.2) is 9.59 Å². The molecule has 25 nitrogen and oxygen atoms in total. The van der Waals surface area contributed by atoms with Gasteiger partial charge in [0.15, 0.2) is 31.3 Å². The Morgan fingerprint density at radius 1 is 0.659 bits per heavy atom. The lowest BCUT2D eigenvalue weighted by atomic mass is 9.33. The maximum Gasteiger partial charge on any atom is 0.335 e. The molecule has 0 radical (unpaired) electrons. The predicted octanol–water partition coefficient (Wildman–Crippen LogP) is 0.227. The van der Waals surface area contributed by atoms with E-state index in [9.17, 15) is 75.7 Å². The van der Waals surface area contributed by atoms with Crippen molar-refractivity contribution < 1.29 is 123 Å². The molecule has 484 valence electrons. The Kier molecular flexibility index (Phi) is 19.1. The summed E-state index contributed by atoms with van der Waals surface area (Å²) < 4.78 is 61.5. The van der Waals surface area contributed by atoms with Crippen LogP contribution in [0.15, 0.2) is 23.3 Å². The van der Waals surface area contributed by atoms with Gasteiger partial charge < -0.3 is 109 Å². The molecule has 4 aliphatic heterocycles. The topological polar surface area (TPSA) is 386 Å². The highest BCUT2D eigenvalue weighted by Gasteiger charge is 2.72. The first-order valence-electron chi connectivity index (χ1n) is 30.2. The van der Waals surface area contributed by atoms with E-state index in [-0.39, 0.29) is 40.6 Å². The number of carboxylic acids is 1. The van der Waals surface area contributed by atoms with Gasteiger partial charge in [0.25, 0.3) is 0 Å². The minimum absolute atomic E-state index is 0.0454. The molecule has 0 aromatic carbocycles. The summed E-state index contributed by atoms with van der Waals surface area (Å²) in [6, 6.07) is 0. The molecule has 0 bridgehead atoms. The van der Waals surface area contributed by atoms with E-state index in [0.29, 0.717) is 44.1 Å². The molecule has 29 atom stereocenters. The fourth-order valence-electron chi connectivity index (χ4n) is 17.3. The van der Waals surface area contributed by atoms with E-state index in [2.05, 4.69) is 40.7 Å². The summed E-state index contributed by atoms with van der Waals surface area (Å²) in [5.74, 6) is -2.87. The van der Waals surface area contributed by atoms with Gasteiger partial charge in [0.05, 0.1) is 32.0 Å². The van der Waals surface area contributed by atoms with Gasteiger partial charge in [0, 0.05) is 23.3 Å². The van der Waals surface area contributed by atoms with E-state index < -0.39 is 182 Å². The molecule has 12 N–H and O–H groups in total. The zero-order valence-electron chi connectivity index (χ0n) is 50.5. The smallest absolute Gasteiger partial charge is 0.335 e. The molecular formula is C60H94O25. The van der Waals surface area contributed by atoms with Crippen molar-refractivity contribution in [3.05, 3.63) is 23.3 Å². The zero-order chi connectivity index (χ0) is 62.6. The number of esters is 2. The third kappa shape index (κ3) is 11.2. The predicted molar refractivity (Wildman–Crippen MR) is 291 cm³/mol. The van der Waals surface area contributed by atoms with Crippen LogP contribution in [0.3, 0.4) is 0 Å². The normalized spacial score (nSPS) is 50.5. The van der Waals surface area contributed by atoms with Crippen molar-refractivity contribution in [2.24, 2.45) is 50.2 Å². The molecule has 0 amide bonds. The molecule has 0 aromatic heterocycles. The third-order valence-corrected chi connectivity index (χ3v) is 22.6. The standard InChI is InChI=1S/C60H94O25/c1-12-25(2)50(75)85-47-48(78-27(4)63)60(24-62)20-19-58(10)28(29(60)21-55(47,5)6)13-14-33-57(9)17-16-34(56(7,8)32(57)15-18-59(33,58)11)80-54-46(84-52-41(71)39(69)37(67)31(22-61)79-52)43(42(72)44(82-54)49(73)74)81-53-45(36(66)30(64)23-76-53)83-51-40(70)38(68)35(65)26(3)77-51/h12-13,26,29-48,51-54,61-62,64-72H,14-24H2,1-11H3,(H,73,74)/b25-12+/t26-,29-,30-,31+,32-,33+,34-,35-,36-,37+,38+,39-,40+,41+,42-,43-,44-,45+,46+,47-,48-,51-,52-,53-,54+,57-,58+,59+,60-/m0/s1. The second kappa shape index (κ2) is 24.4. The summed E-state index contributed by atoms with van der Waals surface area (Å²) in [7, 11) is 0. The Morgan fingerprint density at radius 2 is 1.29 bits per heavy atom. The number of allylic oxidation sites excluding steroid dienone is 3. The van der Waals surface area contributed by atoms with Gasteiger partial charge in [-0.1, -0.05) is 66.2 Å². The number of aliphatic hydroxyl groups is 11. The number of carboxylic acid groups (broad SMARTS) is 1. The van der Waals surface area contributed by atoms with Crippen molar-refractivity contribution in [1.82, 2.24) is 0 Å². The molecule has 4 saturated heterocycles. The maximum atomic E-state index is 13.4. The summed E-state index contributed by atoms with van der Waals surface area (Å²) >= 11 is 0. The van der Waals surface area contributed by atoms with Gasteiger partial charge in [0.2, 0.25) is 0 Å². The van der Waals surface area contributed by atoms with Crippen LogP contribution in [0.4, 0.5) is 0 Å². The number of fused-ring (bicyclic) bond motifs is 7. The molecule has 9 rings (SSSR count). The number of carbonyl (C=O) groups is 3. The van der Waals surface area contributed by atoms with Crippen LogP contribution in [-0.4, -0.2) is 234 Å². The number of carbonyl (C=O) groups excluding carboxylic acids is 2. The lowest BCUT2D eigenvalue weighted by Gasteiger charge is -2.72. The van der Waals surface area contributed by atoms with Crippen molar-refractivity contribution in [1.29, 1.82) is 0 Å². The first kappa shape index (κ1) is 66.5. The second-order valence-electron chi connectivity index (χ2n) is 27.9. The number of aliphatic carboxylic acids is 1. The molecule has 25 heteroatoms. The number of rotatable bonds is 14. The van der Waals surface area contributed by atoms with Crippen molar-refractivity contribution in [2.45, 2.75) is 263 Å². The monoisotopic (exact) mass is 1210 g/mol. The van der Waals surface area contributed by atoms with Crippen LogP contribution in [0.1, 0.15) is 128 Å². The van der Waals surface area contributed by atoms with Crippen molar-refractivity contribution >= 4 is 17.9 Å². The maximum absolute atomic E-state index is 13.4. The highest BCUT2D eigenvalue weighted by Crippen LogP contribution is 2.76. The van der Waals surface area contributed by atoms with Crippen LogP contribution in [0, 0.1) is 50.2 Å². The van der Waals surface area contributed by atoms with Gasteiger partial charge in [-0.15, -0.1) is 0 Å². The molecule has 9 aliphatic rings. The van der Waals surface area contributed by atoms with Crippen molar-refractivity contribution in [2.75, 3.05) is 19.8 Å². The Hall–Kier alpha value is -2.87. The number of hydrogen-bond acceptors (Lipinski definition) is 24. The van der Waals surface area contributed by atoms with Gasteiger partial charge >= 0.3 is 17.9 Å². The third-order valence-electron chi connectivity index (χ3n) is 22.6. The molecule has 5 aliphatic carbocycles. The summed E-state index contributed by atoms with van der Waals surface area (Å²) in [5.41, 5.74) is -1.74. The average Bonchev–Trinajstić information content (AvgIpc) is 0.735. The minimum Gasteiger partial charge on any atom is -0.479 e. The largest absolute Gasteiger partial charge is 0.479 e. The quantitative estimate of drug-likeness (QED) is 0.0479. The molecule has 4 heterocycles. The molecule has 0 spiro atoms. The molecular weight excluding hydrogens is 1120 g/mol. The van der Waals surface area contributed by atoms with Gasteiger partial charge in [-0.3, -0.25) is 4.79 Å². The average molecular weight is 1220 g/mol. The van der Waals surface area contributed by atoms with E-state index in [0.717, 1.165) is 12.8 Å². The van der Waals surface area contributed by atoms with Crippen LogP contribution in [0.2, 0.25) is 0 Å². The van der Waals surface area contributed by atoms with E-state index in [1.54, 1.807) is 19.9 Å². The molecule has 85 heavy (non-hydrogen) atoms. The van der Waals surface area contributed by atoms with Crippen molar-refractivity contribution in [3.8, 4) is 0 Å². The Labute approximate surface area is 495 Å². The summed E-state index contributed by atoms with van der Waals surface area (Å²) in [6.07, 6.45) is -28.2. The van der Waals surface area contributed by atoms with Gasteiger partial charge in [-0.05, 0) is 112 Å². The second-order valence-corrected chi connectivity index (χ2v) is 27.9. The summed E-state index contributed by atoms with van der Waals surface area (Å²) in [6.45, 7) is 19.6. The van der Waals surface area contributed by atoms with E-state index >= 15 is 0 Å². The molecule has 8 fully saturated rings. The lowest BCUT2D eigenvalue weighted by Crippen LogP contribution is -2.69. The molecule has 0 unspecified atom stereocenters. The van der Waals surface area contributed by atoms with Gasteiger partial charge in [0.1, 0.15) is 91.6 Å². The lowest BCUT2D eigenvalue weighted by molar-refractivity contribution is -0.400. The zero-order valence-corrected chi connectivity index (χ0v) is 50.5. The fraction of sp³-hybridized carbons (Fsp3) is 0.883. The summed E-state index contributed by atoms with van der Waals surface area (Å²) in [4.78, 5) is 39.6. The highest BCUT2D eigenvalue weighted by molar-refractivity contribution is 5.87.